The van der Waals surface area contributed by atoms with E-state index in [0.29, 0.717) is 11.8 Å². The predicted molar refractivity (Wildman–Crippen MR) is 139 cm³/mol. The monoisotopic (exact) mass is 448 g/mol. The predicted octanol–water partition coefficient (Wildman–Crippen LogP) is 6.68. The smallest absolute Gasteiger partial charge is 0.110 e. The van der Waals surface area contributed by atoms with Crippen molar-refractivity contribution < 1.29 is 0 Å². The lowest BCUT2D eigenvalue weighted by Gasteiger charge is -2.12. The van der Waals surface area contributed by atoms with Crippen LogP contribution in [0.2, 0.25) is 0 Å². The van der Waals surface area contributed by atoms with Crippen molar-refractivity contribution in [3.05, 3.63) is 82.7 Å². The number of fused-ring (bicyclic) bond motifs is 3. The summed E-state index contributed by atoms with van der Waals surface area (Å²) in [5.74, 6) is 9.81. The Morgan fingerprint density at radius 2 is 1.71 bits per heavy atom. The van der Waals surface area contributed by atoms with Gasteiger partial charge in [-0.05, 0) is 60.6 Å². The van der Waals surface area contributed by atoms with E-state index in [9.17, 15) is 0 Å². The average Bonchev–Trinajstić information content (AvgIpc) is 3.47. The van der Waals surface area contributed by atoms with Gasteiger partial charge in [0.1, 0.15) is 11.6 Å². The summed E-state index contributed by atoms with van der Waals surface area (Å²) in [6, 6.07) is 14.9. The number of imidazole rings is 2. The van der Waals surface area contributed by atoms with Crippen LogP contribution in [0.25, 0.3) is 22.5 Å². The lowest BCUT2D eigenvalue weighted by atomic mass is 9.97. The summed E-state index contributed by atoms with van der Waals surface area (Å²) < 4.78 is 0. The Morgan fingerprint density at radius 1 is 0.941 bits per heavy atom. The Morgan fingerprint density at radius 3 is 2.44 bits per heavy atom. The zero-order valence-corrected chi connectivity index (χ0v) is 20.5. The number of aromatic nitrogens is 4. The Kier molecular flexibility index (Phi) is 6.11. The molecule has 4 nitrogen and oxygen atoms in total. The van der Waals surface area contributed by atoms with Crippen LogP contribution in [0.1, 0.15) is 74.1 Å². The normalized spacial score (nSPS) is 13.6. The number of aryl methyl sites for hydroxylation is 3. The van der Waals surface area contributed by atoms with Gasteiger partial charge in [0.25, 0.3) is 0 Å². The van der Waals surface area contributed by atoms with Crippen LogP contribution < -0.4 is 0 Å². The second-order valence-electron chi connectivity index (χ2n) is 9.63. The van der Waals surface area contributed by atoms with E-state index in [4.69, 9.17) is 4.98 Å². The molecule has 0 radical (unpaired) electrons. The quantitative estimate of drug-likeness (QED) is 0.342. The summed E-state index contributed by atoms with van der Waals surface area (Å²) in [7, 11) is 0. The van der Waals surface area contributed by atoms with Crippen molar-refractivity contribution in [1.82, 2.24) is 19.9 Å². The van der Waals surface area contributed by atoms with Gasteiger partial charge < -0.3 is 9.97 Å². The lowest BCUT2D eigenvalue weighted by molar-refractivity contribution is 0.513. The highest BCUT2D eigenvalue weighted by Gasteiger charge is 2.22. The highest BCUT2D eigenvalue weighted by Crippen LogP contribution is 2.34. The number of hydrogen-bond donors (Lipinski definition) is 2. The van der Waals surface area contributed by atoms with Crippen LogP contribution in [0.3, 0.4) is 0 Å². The van der Waals surface area contributed by atoms with Crippen LogP contribution in [0.4, 0.5) is 0 Å². The Balaban J connectivity index is 1.38. The number of hydrogen-bond acceptors (Lipinski definition) is 2. The van der Waals surface area contributed by atoms with Gasteiger partial charge in [0, 0.05) is 34.7 Å². The zero-order valence-electron chi connectivity index (χ0n) is 20.5. The van der Waals surface area contributed by atoms with Gasteiger partial charge in [-0.1, -0.05) is 57.7 Å². The Labute approximate surface area is 202 Å². The minimum Gasteiger partial charge on any atom is -0.345 e. The van der Waals surface area contributed by atoms with Gasteiger partial charge in [-0.25, -0.2) is 9.97 Å². The van der Waals surface area contributed by atoms with Crippen LogP contribution in [0.5, 0.6) is 0 Å². The highest BCUT2D eigenvalue weighted by molar-refractivity contribution is 5.69. The number of benzene rings is 2. The summed E-state index contributed by atoms with van der Waals surface area (Å²) in [5, 5.41) is 0. The molecule has 4 heteroatoms. The van der Waals surface area contributed by atoms with Crippen molar-refractivity contribution in [1.29, 1.82) is 0 Å². The molecule has 2 heterocycles. The van der Waals surface area contributed by atoms with Crippen molar-refractivity contribution in [3.63, 3.8) is 0 Å². The number of nitrogens with zero attached hydrogens (tertiary/aromatic N) is 2. The second-order valence-corrected chi connectivity index (χ2v) is 9.63. The number of H-pyrrole nitrogens is 2. The van der Waals surface area contributed by atoms with Crippen LogP contribution >= 0.6 is 0 Å². The summed E-state index contributed by atoms with van der Waals surface area (Å²) in [6.45, 7) is 8.86. The molecule has 1 atom stereocenters. The van der Waals surface area contributed by atoms with Gasteiger partial charge in [0.15, 0.2) is 0 Å². The fourth-order valence-electron chi connectivity index (χ4n) is 4.50. The average molecular weight is 449 g/mol. The van der Waals surface area contributed by atoms with E-state index in [1.165, 1.54) is 16.8 Å². The molecule has 172 valence electrons. The molecule has 34 heavy (non-hydrogen) atoms. The molecule has 1 unspecified atom stereocenters. The third-order valence-electron chi connectivity index (χ3n) is 6.97. The van der Waals surface area contributed by atoms with Crippen molar-refractivity contribution >= 4 is 0 Å². The molecule has 0 amide bonds. The third-order valence-corrected chi connectivity index (χ3v) is 6.97. The maximum Gasteiger partial charge on any atom is 0.110 e. The zero-order chi connectivity index (χ0) is 23.7. The van der Waals surface area contributed by atoms with Gasteiger partial charge in [-0.2, -0.15) is 0 Å². The molecule has 2 N–H and O–H groups in total. The maximum atomic E-state index is 5.04. The first-order valence-corrected chi connectivity index (χ1v) is 12.4. The summed E-state index contributed by atoms with van der Waals surface area (Å²) in [5.41, 5.74) is 9.26. The SMILES string of the molecule is CCc1ncc(-c2ccc(C#Cc3ccc4c(c3)CCCc3[nH]c(C(C)C(C)C)nc3-4)cc2)[nH]1. The van der Waals surface area contributed by atoms with Gasteiger partial charge >= 0.3 is 0 Å². The van der Waals surface area contributed by atoms with E-state index in [2.05, 4.69) is 97.0 Å². The van der Waals surface area contributed by atoms with Crippen LogP contribution in [-0.4, -0.2) is 19.9 Å². The molecule has 1 aliphatic carbocycles. The molecule has 0 spiro atoms. The highest BCUT2D eigenvalue weighted by atomic mass is 14.9. The first-order chi connectivity index (χ1) is 16.5. The lowest BCUT2D eigenvalue weighted by Crippen LogP contribution is -2.04. The first kappa shape index (κ1) is 22.2. The molecule has 0 saturated carbocycles. The van der Waals surface area contributed by atoms with E-state index < -0.39 is 0 Å². The maximum absolute atomic E-state index is 5.04. The molecule has 5 rings (SSSR count). The number of aromatic amines is 2. The van der Waals surface area contributed by atoms with E-state index in [1.54, 1.807) is 0 Å². The fourth-order valence-corrected chi connectivity index (χ4v) is 4.50. The van der Waals surface area contributed by atoms with Gasteiger partial charge in [-0.15, -0.1) is 0 Å². The number of nitrogens with one attached hydrogen (secondary N) is 2. The standard InChI is InChI=1S/C30H32N4/c1-5-28-31-18-27(32-28)23-14-11-21(12-15-23)9-10-22-13-16-25-24(17-22)7-6-8-26-29(25)34-30(33-26)20(4)19(2)3/h11-20H,5-8H2,1-4H3,(H,31,32)(H,33,34). The van der Waals surface area contributed by atoms with E-state index in [0.717, 1.165) is 65.4 Å². The summed E-state index contributed by atoms with van der Waals surface area (Å²) in [4.78, 5) is 16.4. The van der Waals surface area contributed by atoms with E-state index in [1.807, 2.05) is 6.20 Å². The Bertz CT molecular complexity index is 1360. The largest absolute Gasteiger partial charge is 0.345 e. The molecule has 0 saturated heterocycles. The van der Waals surface area contributed by atoms with Gasteiger partial charge in [0.05, 0.1) is 17.6 Å². The summed E-state index contributed by atoms with van der Waals surface area (Å²) >= 11 is 0. The van der Waals surface area contributed by atoms with Gasteiger partial charge in [0.2, 0.25) is 0 Å². The number of rotatable bonds is 4. The molecule has 2 aromatic carbocycles. The van der Waals surface area contributed by atoms with E-state index in [-0.39, 0.29) is 0 Å². The third kappa shape index (κ3) is 4.43. The van der Waals surface area contributed by atoms with Gasteiger partial charge in [-0.3, -0.25) is 0 Å². The first-order valence-electron chi connectivity index (χ1n) is 12.4. The molecule has 0 fully saturated rings. The van der Waals surface area contributed by atoms with Crippen molar-refractivity contribution in [2.75, 3.05) is 0 Å². The molecule has 0 aliphatic heterocycles. The van der Waals surface area contributed by atoms with Crippen LogP contribution in [-0.2, 0) is 19.3 Å². The summed E-state index contributed by atoms with van der Waals surface area (Å²) in [6.07, 6.45) is 6.04. The Hall–Kier alpha value is -3.58. The molecule has 4 aromatic rings. The van der Waals surface area contributed by atoms with Crippen LogP contribution in [0, 0.1) is 17.8 Å². The molecule has 1 aliphatic rings. The van der Waals surface area contributed by atoms with E-state index >= 15 is 0 Å². The molecular weight excluding hydrogens is 416 g/mol. The molecule has 0 bridgehead atoms. The van der Waals surface area contributed by atoms with Crippen molar-refractivity contribution in [3.8, 4) is 34.4 Å². The molecule has 2 aromatic heterocycles. The van der Waals surface area contributed by atoms with Crippen molar-refractivity contribution in [2.24, 2.45) is 5.92 Å². The topological polar surface area (TPSA) is 57.4 Å². The fraction of sp³-hybridized carbons (Fsp3) is 0.333. The second kappa shape index (κ2) is 9.35. The van der Waals surface area contributed by atoms with Crippen LogP contribution in [0.15, 0.2) is 48.7 Å². The minimum absolute atomic E-state index is 0.425. The van der Waals surface area contributed by atoms with Crippen molar-refractivity contribution in [2.45, 2.75) is 59.3 Å². The minimum atomic E-state index is 0.425. The molecular formula is C30H32N4.